The summed E-state index contributed by atoms with van der Waals surface area (Å²) >= 11 is 0. The lowest BCUT2D eigenvalue weighted by Gasteiger charge is -2.11. The molecular formula is C13H14FNO4. The highest BCUT2D eigenvalue weighted by Gasteiger charge is 2.18. The third-order valence-corrected chi connectivity index (χ3v) is 2.28. The van der Waals surface area contributed by atoms with Gasteiger partial charge in [0, 0.05) is 6.08 Å². The third-order valence-electron chi connectivity index (χ3n) is 2.28. The summed E-state index contributed by atoms with van der Waals surface area (Å²) in [4.78, 5) is 22.6. The first kappa shape index (κ1) is 14.8. The van der Waals surface area contributed by atoms with Crippen molar-refractivity contribution in [1.82, 2.24) is 5.32 Å². The Morgan fingerprint density at radius 3 is 2.58 bits per heavy atom. The van der Waals surface area contributed by atoms with Gasteiger partial charge in [0.05, 0.1) is 13.7 Å². The van der Waals surface area contributed by atoms with Crippen molar-refractivity contribution in [1.29, 1.82) is 0 Å². The summed E-state index contributed by atoms with van der Waals surface area (Å²) in [6.07, 6.45) is 2.64. The number of benzene rings is 1. The van der Waals surface area contributed by atoms with E-state index in [1.54, 1.807) is 0 Å². The van der Waals surface area contributed by atoms with Crippen LogP contribution in [-0.2, 0) is 14.3 Å². The molecule has 0 fully saturated rings. The maximum Gasteiger partial charge on any atom is 0.330 e. The van der Waals surface area contributed by atoms with Gasteiger partial charge in [0.25, 0.3) is 0 Å². The summed E-state index contributed by atoms with van der Waals surface area (Å²) in [5.74, 6) is -1.66. The number of carbonyl (C=O) groups is 2. The number of rotatable bonds is 5. The number of methoxy groups -OCH3 is 1. The molecule has 1 rings (SSSR count). The Kier molecular flexibility index (Phi) is 5.69. The molecule has 5 nitrogen and oxygen atoms in total. The summed E-state index contributed by atoms with van der Waals surface area (Å²) < 4.78 is 17.0. The average molecular weight is 267 g/mol. The predicted molar refractivity (Wildman–Crippen MR) is 66.5 cm³/mol. The molecule has 102 valence electrons. The van der Waals surface area contributed by atoms with Crippen molar-refractivity contribution < 1.29 is 23.8 Å². The minimum absolute atomic E-state index is 0.368. The largest absolute Gasteiger partial charge is 0.467 e. The van der Waals surface area contributed by atoms with E-state index in [-0.39, 0.29) is 5.82 Å². The second-order valence-electron chi connectivity index (χ2n) is 3.65. The van der Waals surface area contributed by atoms with Gasteiger partial charge in [0.15, 0.2) is 6.04 Å². The van der Waals surface area contributed by atoms with E-state index in [4.69, 9.17) is 5.11 Å². The molecule has 1 aromatic rings. The molecule has 0 bridgehead atoms. The fourth-order valence-electron chi connectivity index (χ4n) is 1.29. The first-order valence-electron chi connectivity index (χ1n) is 5.49. The van der Waals surface area contributed by atoms with E-state index < -0.39 is 24.5 Å². The van der Waals surface area contributed by atoms with Gasteiger partial charge in [-0.15, -0.1) is 0 Å². The van der Waals surface area contributed by atoms with Crippen molar-refractivity contribution in [3.8, 4) is 0 Å². The standard InChI is InChI=1S/C13H14FNO4/c1-19-13(18)11(8-16)15-12(17)7-4-9-2-5-10(14)6-3-9/h2-7,11,16H,8H2,1H3,(H,15,17)/b7-4+. The van der Waals surface area contributed by atoms with Crippen LogP contribution in [-0.4, -0.2) is 36.7 Å². The van der Waals surface area contributed by atoms with Crippen LogP contribution in [0.4, 0.5) is 4.39 Å². The Hall–Kier alpha value is -2.21. The number of nitrogens with one attached hydrogen (secondary N) is 1. The van der Waals surface area contributed by atoms with Crippen LogP contribution in [0.1, 0.15) is 5.56 Å². The van der Waals surface area contributed by atoms with E-state index in [0.717, 1.165) is 7.11 Å². The van der Waals surface area contributed by atoms with Crippen LogP contribution >= 0.6 is 0 Å². The number of ether oxygens (including phenoxy) is 1. The van der Waals surface area contributed by atoms with Crippen molar-refractivity contribution in [2.45, 2.75) is 6.04 Å². The van der Waals surface area contributed by atoms with Crippen LogP contribution < -0.4 is 5.32 Å². The molecule has 0 aliphatic heterocycles. The van der Waals surface area contributed by atoms with Gasteiger partial charge in [-0.1, -0.05) is 12.1 Å². The molecule has 1 amide bonds. The highest BCUT2D eigenvalue weighted by atomic mass is 19.1. The van der Waals surface area contributed by atoms with E-state index in [2.05, 4.69) is 10.1 Å². The zero-order valence-electron chi connectivity index (χ0n) is 10.3. The molecule has 6 heteroatoms. The summed E-state index contributed by atoms with van der Waals surface area (Å²) in [5, 5.41) is 11.2. The van der Waals surface area contributed by atoms with Gasteiger partial charge >= 0.3 is 5.97 Å². The Morgan fingerprint density at radius 2 is 2.05 bits per heavy atom. The van der Waals surface area contributed by atoms with Gasteiger partial charge in [-0.05, 0) is 23.8 Å². The quantitative estimate of drug-likeness (QED) is 0.601. The number of hydrogen-bond donors (Lipinski definition) is 2. The average Bonchev–Trinajstić information content (AvgIpc) is 2.43. The molecule has 1 unspecified atom stereocenters. The topological polar surface area (TPSA) is 75.6 Å². The molecule has 0 saturated heterocycles. The molecule has 1 atom stereocenters. The van der Waals surface area contributed by atoms with Crippen LogP contribution in [0.15, 0.2) is 30.3 Å². The number of amides is 1. The maximum absolute atomic E-state index is 12.6. The Morgan fingerprint density at radius 1 is 1.42 bits per heavy atom. The molecule has 0 radical (unpaired) electrons. The van der Waals surface area contributed by atoms with Crippen molar-refractivity contribution >= 4 is 18.0 Å². The molecule has 1 aromatic carbocycles. The summed E-state index contributed by atoms with van der Waals surface area (Å²) in [5.41, 5.74) is 0.634. The smallest absolute Gasteiger partial charge is 0.330 e. The minimum atomic E-state index is -1.10. The second-order valence-corrected chi connectivity index (χ2v) is 3.65. The van der Waals surface area contributed by atoms with Gasteiger partial charge < -0.3 is 15.2 Å². The minimum Gasteiger partial charge on any atom is -0.467 e. The predicted octanol–water partition coefficient (Wildman–Crippen LogP) is 0.489. The molecule has 0 aromatic heterocycles. The van der Waals surface area contributed by atoms with Crippen molar-refractivity contribution in [2.24, 2.45) is 0 Å². The third kappa shape index (κ3) is 4.89. The number of hydrogen-bond acceptors (Lipinski definition) is 4. The van der Waals surface area contributed by atoms with Crippen LogP contribution in [0.5, 0.6) is 0 Å². The lowest BCUT2D eigenvalue weighted by molar-refractivity contribution is -0.145. The number of aliphatic hydroxyl groups is 1. The summed E-state index contributed by atoms with van der Waals surface area (Å²) in [6, 6.07) is 4.44. The summed E-state index contributed by atoms with van der Waals surface area (Å²) in [7, 11) is 1.16. The molecule has 0 aliphatic carbocycles. The molecule has 0 heterocycles. The van der Waals surface area contributed by atoms with E-state index in [1.165, 1.54) is 36.4 Å². The number of halogens is 1. The van der Waals surface area contributed by atoms with Gasteiger partial charge in [-0.2, -0.15) is 0 Å². The molecule has 2 N–H and O–H groups in total. The summed E-state index contributed by atoms with van der Waals surface area (Å²) in [6.45, 7) is -0.553. The van der Waals surface area contributed by atoms with E-state index >= 15 is 0 Å². The zero-order valence-corrected chi connectivity index (χ0v) is 10.3. The van der Waals surface area contributed by atoms with Gasteiger partial charge in [0.1, 0.15) is 5.82 Å². The van der Waals surface area contributed by atoms with Crippen molar-refractivity contribution in [2.75, 3.05) is 13.7 Å². The van der Waals surface area contributed by atoms with Gasteiger partial charge in [-0.3, -0.25) is 4.79 Å². The van der Waals surface area contributed by atoms with Crippen molar-refractivity contribution in [3.63, 3.8) is 0 Å². The highest BCUT2D eigenvalue weighted by Crippen LogP contribution is 2.04. The molecule has 0 aliphatic rings. The molecule has 0 saturated carbocycles. The fraction of sp³-hybridized carbons (Fsp3) is 0.231. The highest BCUT2D eigenvalue weighted by molar-refractivity contribution is 5.94. The zero-order chi connectivity index (χ0) is 14.3. The lowest BCUT2D eigenvalue weighted by Crippen LogP contribution is -2.43. The monoisotopic (exact) mass is 267 g/mol. The van der Waals surface area contributed by atoms with E-state index in [9.17, 15) is 14.0 Å². The van der Waals surface area contributed by atoms with Crippen molar-refractivity contribution in [3.05, 3.63) is 41.7 Å². The first-order chi connectivity index (χ1) is 9.06. The Labute approximate surface area is 109 Å². The van der Waals surface area contributed by atoms with E-state index in [0.29, 0.717) is 5.56 Å². The molecule has 0 spiro atoms. The second kappa shape index (κ2) is 7.27. The Balaban J connectivity index is 2.59. The van der Waals surface area contributed by atoms with Crippen LogP contribution in [0.3, 0.4) is 0 Å². The van der Waals surface area contributed by atoms with Crippen LogP contribution in [0.2, 0.25) is 0 Å². The number of carbonyl (C=O) groups excluding carboxylic acids is 2. The van der Waals surface area contributed by atoms with Gasteiger partial charge in [0.2, 0.25) is 5.91 Å². The van der Waals surface area contributed by atoms with E-state index in [1.807, 2.05) is 0 Å². The number of esters is 1. The SMILES string of the molecule is COC(=O)C(CO)NC(=O)/C=C/c1ccc(F)cc1. The lowest BCUT2D eigenvalue weighted by atomic mass is 10.2. The van der Waals surface area contributed by atoms with Crippen LogP contribution in [0, 0.1) is 5.82 Å². The Bertz CT molecular complexity index is 470. The first-order valence-corrected chi connectivity index (χ1v) is 5.49. The molecular weight excluding hydrogens is 253 g/mol. The molecule has 19 heavy (non-hydrogen) atoms. The normalized spacial score (nSPS) is 12.2. The fourth-order valence-corrected chi connectivity index (χ4v) is 1.29. The van der Waals surface area contributed by atoms with Gasteiger partial charge in [-0.25, -0.2) is 9.18 Å². The maximum atomic E-state index is 12.6. The van der Waals surface area contributed by atoms with Crippen LogP contribution in [0.25, 0.3) is 6.08 Å². The number of aliphatic hydroxyl groups excluding tert-OH is 1.